The summed E-state index contributed by atoms with van der Waals surface area (Å²) < 4.78 is 27.7. The topological polar surface area (TPSA) is 39.1 Å². The standard InChI is InChI=1S/C16H23F2N3/c1-11(2)5-13(10-21(3)4)20-9-14-15(17)6-12(8-19)7-16(14)18/h6-7,11,13,20H,5,9-10H2,1-4H3. The minimum Gasteiger partial charge on any atom is -0.308 e. The van der Waals surface area contributed by atoms with Crippen LogP contribution in [0.15, 0.2) is 12.1 Å². The van der Waals surface area contributed by atoms with Crippen molar-refractivity contribution in [1.29, 1.82) is 5.26 Å². The van der Waals surface area contributed by atoms with Crippen molar-refractivity contribution >= 4 is 0 Å². The molecule has 0 radical (unpaired) electrons. The van der Waals surface area contributed by atoms with E-state index in [1.165, 1.54) is 0 Å². The van der Waals surface area contributed by atoms with Gasteiger partial charge in [-0.1, -0.05) is 13.8 Å². The van der Waals surface area contributed by atoms with Crippen LogP contribution in [0, 0.1) is 28.9 Å². The first-order valence-corrected chi connectivity index (χ1v) is 7.09. The molecule has 0 fully saturated rings. The minimum atomic E-state index is -0.674. The predicted octanol–water partition coefficient (Wildman–Crippen LogP) is 2.90. The number of hydrogen-bond acceptors (Lipinski definition) is 3. The number of benzene rings is 1. The summed E-state index contributed by atoms with van der Waals surface area (Å²) in [5.74, 6) is -0.850. The predicted molar refractivity (Wildman–Crippen MR) is 79.7 cm³/mol. The number of nitrogens with zero attached hydrogens (tertiary/aromatic N) is 2. The lowest BCUT2D eigenvalue weighted by molar-refractivity contribution is 0.303. The van der Waals surface area contributed by atoms with Crippen molar-refractivity contribution < 1.29 is 8.78 Å². The van der Waals surface area contributed by atoms with Crippen LogP contribution >= 0.6 is 0 Å². The SMILES string of the molecule is CC(C)CC(CN(C)C)NCc1c(F)cc(C#N)cc1F. The molecule has 1 aromatic rings. The molecule has 21 heavy (non-hydrogen) atoms. The molecular weight excluding hydrogens is 272 g/mol. The Kier molecular flexibility index (Phi) is 6.73. The Labute approximate surface area is 125 Å². The Morgan fingerprint density at radius 3 is 2.24 bits per heavy atom. The van der Waals surface area contributed by atoms with Crippen LogP contribution < -0.4 is 5.32 Å². The molecule has 5 heteroatoms. The number of halogens is 2. The van der Waals surface area contributed by atoms with Crippen molar-refractivity contribution in [1.82, 2.24) is 10.2 Å². The van der Waals surface area contributed by atoms with Crippen molar-refractivity contribution in [3.8, 4) is 6.07 Å². The van der Waals surface area contributed by atoms with Crippen molar-refractivity contribution in [3.05, 3.63) is 34.9 Å². The van der Waals surface area contributed by atoms with E-state index in [1.54, 1.807) is 6.07 Å². The summed E-state index contributed by atoms with van der Waals surface area (Å²) in [5, 5.41) is 11.9. The van der Waals surface area contributed by atoms with Crippen LogP contribution in [0.2, 0.25) is 0 Å². The second-order valence-electron chi connectivity index (χ2n) is 6.00. The molecule has 0 bridgehead atoms. The summed E-state index contributed by atoms with van der Waals surface area (Å²) in [4.78, 5) is 2.05. The maximum Gasteiger partial charge on any atom is 0.131 e. The highest BCUT2D eigenvalue weighted by molar-refractivity contribution is 5.34. The molecule has 1 N–H and O–H groups in total. The summed E-state index contributed by atoms with van der Waals surface area (Å²) in [6, 6.07) is 4.05. The maximum absolute atomic E-state index is 13.8. The van der Waals surface area contributed by atoms with Gasteiger partial charge in [-0.2, -0.15) is 5.26 Å². The highest BCUT2D eigenvalue weighted by Crippen LogP contribution is 2.16. The second-order valence-corrected chi connectivity index (χ2v) is 6.00. The number of nitriles is 1. The summed E-state index contributed by atoms with van der Waals surface area (Å²) in [5.41, 5.74) is -0.0118. The third-order valence-electron chi connectivity index (χ3n) is 3.18. The van der Waals surface area contributed by atoms with E-state index in [-0.39, 0.29) is 23.7 Å². The van der Waals surface area contributed by atoms with E-state index >= 15 is 0 Å². The van der Waals surface area contributed by atoms with Gasteiger partial charge in [0.1, 0.15) is 11.6 Å². The van der Waals surface area contributed by atoms with Crippen LogP contribution in [0.5, 0.6) is 0 Å². The van der Waals surface area contributed by atoms with Gasteiger partial charge in [0.2, 0.25) is 0 Å². The average molecular weight is 295 g/mol. The van der Waals surface area contributed by atoms with Gasteiger partial charge < -0.3 is 10.2 Å². The number of rotatable bonds is 7. The first-order chi connectivity index (χ1) is 9.83. The molecule has 3 nitrogen and oxygen atoms in total. The van der Waals surface area contributed by atoms with E-state index < -0.39 is 11.6 Å². The summed E-state index contributed by atoms with van der Waals surface area (Å²) in [7, 11) is 3.94. The Hall–Kier alpha value is -1.51. The molecule has 1 rings (SSSR count). The van der Waals surface area contributed by atoms with E-state index in [4.69, 9.17) is 5.26 Å². The largest absolute Gasteiger partial charge is 0.308 e. The zero-order chi connectivity index (χ0) is 16.0. The molecule has 0 aromatic heterocycles. The lowest BCUT2D eigenvalue weighted by Gasteiger charge is -2.24. The maximum atomic E-state index is 13.8. The van der Waals surface area contributed by atoms with Crippen LogP contribution in [0.4, 0.5) is 8.78 Å². The van der Waals surface area contributed by atoms with E-state index in [9.17, 15) is 8.78 Å². The zero-order valence-corrected chi connectivity index (χ0v) is 13.1. The van der Waals surface area contributed by atoms with Crippen LogP contribution in [0.1, 0.15) is 31.4 Å². The number of hydrogen-bond donors (Lipinski definition) is 1. The van der Waals surface area contributed by atoms with Gasteiger partial charge in [-0.05, 0) is 38.6 Å². The summed E-state index contributed by atoms with van der Waals surface area (Å²) >= 11 is 0. The normalized spacial score (nSPS) is 12.7. The van der Waals surface area contributed by atoms with E-state index in [0.29, 0.717) is 5.92 Å². The van der Waals surface area contributed by atoms with E-state index in [2.05, 4.69) is 19.2 Å². The lowest BCUT2D eigenvalue weighted by Crippen LogP contribution is -2.39. The molecule has 0 amide bonds. The third-order valence-corrected chi connectivity index (χ3v) is 3.18. The minimum absolute atomic E-state index is 0.000715. The van der Waals surface area contributed by atoms with Crippen LogP contribution in [0.3, 0.4) is 0 Å². The molecule has 0 saturated heterocycles. The fourth-order valence-electron chi connectivity index (χ4n) is 2.32. The molecule has 1 atom stereocenters. The average Bonchev–Trinajstić information content (AvgIpc) is 2.35. The highest BCUT2D eigenvalue weighted by Gasteiger charge is 2.15. The first kappa shape index (κ1) is 17.5. The Morgan fingerprint density at radius 2 is 1.81 bits per heavy atom. The zero-order valence-electron chi connectivity index (χ0n) is 13.1. The summed E-state index contributed by atoms with van der Waals surface area (Å²) in [6.45, 7) is 5.16. The molecule has 0 aliphatic heterocycles. The fraction of sp³-hybridized carbons (Fsp3) is 0.562. The third kappa shape index (κ3) is 5.78. The van der Waals surface area contributed by atoms with Gasteiger partial charge >= 0.3 is 0 Å². The number of nitrogens with one attached hydrogen (secondary N) is 1. The van der Waals surface area contributed by atoms with Crippen molar-refractivity contribution in [2.45, 2.75) is 32.9 Å². The Balaban J connectivity index is 2.78. The second kappa shape index (κ2) is 8.06. The van der Waals surface area contributed by atoms with Crippen molar-refractivity contribution in [2.75, 3.05) is 20.6 Å². The van der Waals surface area contributed by atoms with Gasteiger partial charge in [0.05, 0.1) is 11.6 Å². The van der Waals surface area contributed by atoms with Gasteiger partial charge in [0.15, 0.2) is 0 Å². The number of likely N-dealkylation sites (N-methyl/N-ethyl adjacent to an activating group) is 1. The molecular formula is C16H23F2N3. The van der Waals surface area contributed by atoms with Gasteiger partial charge in [-0.25, -0.2) is 8.78 Å². The van der Waals surface area contributed by atoms with Gasteiger partial charge in [-0.3, -0.25) is 0 Å². The molecule has 0 spiro atoms. The molecule has 116 valence electrons. The molecule has 1 unspecified atom stereocenters. The van der Waals surface area contributed by atoms with Crippen LogP contribution in [-0.2, 0) is 6.54 Å². The summed E-state index contributed by atoms with van der Waals surface area (Å²) in [6.07, 6.45) is 0.928. The van der Waals surface area contributed by atoms with Gasteiger partial charge in [0, 0.05) is 24.7 Å². The van der Waals surface area contributed by atoms with Crippen LogP contribution in [0.25, 0.3) is 0 Å². The molecule has 0 saturated carbocycles. The van der Waals surface area contributed by atoms with Gasteiger partial charge in [-0.15, -0.1) is 0 Å². The first-order valence-electron chi connectivity index (χ1n) is 7.09. The molecule has 0 heterocycles. The Bertz CT molecular complexity index is 474. The van der Waals surface area contributed by atoms with E-state index in [0.717, 1.165) is 25.1 Å². The van der Waals surface area contributed by atoms with Gasteiger partial charge in [0.25, 0.3) is 0 Å². The lowest BCUT2D eigenvalue weighted by atomic mass is 10.0. The van der Waals surface area contributed by atoms with Crippen LogP contribution in [-0.4, -0.2) is 31.6 Å². The Morgan fingerprint density at radius 1 is 1.24 bits per heavy atom. The molecule has 1 aromatic carbocycles. The molecule has 0 aliphatic rings. The monoisotopic (exact) mass is 295 g/mol. The smallest absolute Gasteiger partial charge is 0.131 e. The fourth-order valence-corrected chi connectivity index (χ4v) is 2.32. The van der Waals surface area contributed by atoms with Crippen molar-refractivity contribution in [3.63, 3.8) is 0 Å². The van der Waals surface area contributed by atoms with E-state index in [1.807, 2.05) is 19.0 Å². The highest BCUT2D eigenvalue weighted by atomic mass is 19.1. The van der Waals surface area contributed by atoms with Crippen molar-refractivity contribution in [2.24, 2.45) is 5.92 Å². The quantitative estimate of drug-likeness (QED) is 0.840. The molecule has 0 aliphatic carbocycles.